The number of para-hydroxylation sites is 2. The molecule has 1 heterocycles. The van der Waals surface area contributed by atoms with Gasteiger partial charge in [0.15, 0.2) is 0 Å². The van der Waals surface area contributed by atoms with Gasteiger partial charge in [-0.3, -0.25) is 0 Å². The van der Waals surface area contributed by atoms with Crippen LogP contribution < -0.4 is 5.32 Å². The lowest BCUT2D eigenvalue weighted by atomic mass is 10.2. The van der Waals surface area contributed by atoms with Crippen molar-refractivity contribution in [2.24, 2.45) is 0 Å². The van der Waals surface area contributed by atoms with Gasteiger partial charge in [0.25, 0.3) is 0 Å². The normalized spacial score (nSPS) is 10.6. The van der Waals surface area contributed by atoms with E-state index in [0.29, 0.717) is 23.6 Å². The molecule has 2 N–H and O–H groups in total. The van der Waals surface area contributed by atoms with E-state index in [2.05, 4.69) is 5.32 Å². The average Bonchev–Trinajstić information content (AvgIpc) is 3.18. The number of urea groups is 1. The number of nitrogens with zero attached hydrogens (tertiary/aromatic N) is 1. The lowest BCUT2D eigenvalue weighted by Crippen LogP contribution is -2.34. The fraction of sp³-hybridized carbons (Fsp3) is 0.190. The van der Waals surface area contributed by atoms with E-state index >= 15 is 0 Å². The zero-order chi connectivity index (χ0) is 19.1. The van der Waals surface area contributed by atoms with E-state index in [-0.39, 0.29) is 24.9 Å². The van der Waals surface area contributed by atoms with Crippen LogP contribution in [-0.4, -0.2) is 23.1 Å². The summed E-state index contributed by atoms with van der Waals surface area (Å²) in [4.78, 5) is 14.5. The van der Waals surface area contributed by atoms with Crippen LogP contribution in [0, 0.1) is 0 Å². The molecular formula is C21H22N2O4. The molecule has 0 aliphatic heterocycles. The highest BCUT2D eigenvalue weighted by molar-refractivity contribution is 5.90. The van der Waals surface area contributed by atoms with Crippen LogP contribution in [0.5, 0.6) is 5.75 Å². The van der Waals surface area contributed by atoms with Crippen LogP contribution in [0.25, 0.3) is 0 Å². The number of anilines is 1. The van der Waals surface area contributed by atoms with E-state index in [4.69, 9.17) is 9.15 Å². The van der Waals surface area contributed by atoms with Gasteiger partial charge in [-0.1, -0.05) is 36.4 Å². The van der Waals surface area contributed by atoms with Crippen molar-refractivity contribution in [3.8, 4) is 5.75 Å². The first kappa shape index (κ1) is 18.5. The molecule has 2 aromatic carbocycles. The fourth-order valence-electron chi connectivity index (χ4n) is 2.76. The molecule has 3 rings (SSSR count). The van der Waals surface area contributed by atoms with Crippen molar-refractivity contribution in [1.82, 2.24) is 4.90 Å². The first-order valence-electron chi connectivity index (χ1n) is 8.59. The Morgan fingerprint density at radius 3 is 2.48 bits per heavy atom. The Kier molecular flexibility index (Phi) is 6.12. The van der Waals surface area contributed by atoms with Crippen LogP contribution in [-0.2, 0) is 24.4 Å². The molecule has 0 unspecified atom stereocenters. The van der Waals surface area contributed by atoms with Gasteiger partial charge in [0.05, 0.1) is 26.0 Å². The summed E-state index contributed by atoms with van der Waals surface area (Å²) in [5.74, 6) is 0.806. The number of furan rings is 1. The zero-order valence-electron chi connectivity index (χ0n) is 15.1. The van der Waals surface area contributed by atoms with E-state index in [9.17, 15) is 9.90 Å². The van der Waals surface area contributed by atoms with Gasteiger partial charge in [0.1, 0.15) is 11.5 Å². The second kappa shape index (κ2) is 8.91. The van der Waals surface area contributed by atoms with Gasteiger partial charge in [-0.15, -0.1) is 0 Å². The molecule has 6 heteroatoms. The molecule has 0 atom stereocenters. The van der Waals surface area contributed by atoms with Crippen molar-refractivity contribution < 1.29 is 19.1 Å². The quantitative estimate of drug-likeness (QED) is 0.651. The third kappa shape index (κ3) is 4.89. The Labute approximate surface area is 158 Å². The maximum absolute atomic E-state index is 13.0. The number of hydrogen-bond acceptors (Lipinski definition) is 4. The molecule has 0 fully saturated rings. The van der Waals surface area contributed by atoms with Crippen LogP contribution in [0.4, 0.5) is 10.5 Å². The van der Waals surface area contributed by atoms with Gasteiger partial charge in [-0.25, -0.2) is 4.79 Å². The van der Waals surface area contributed by atoms with Crippen molar-refractivity contribution in [2.75, 3.05) is 12.4 Å². The number of carbonyl (C=O) groups is 1. The summed E-state index contributed by atoms with van der Waals surface area (Å²) in [6.45, 7) is 0.916. The number of aromatic hydroxyl groups is 1. The molecule has 0 saturated carbocycles. The number of phenolic OH excluding ortho intramolecular Hbond substituents is 1. The van der Waals surface area contributed by atoms with Crippen LogP contribution in [0.2, 0.25) is 0 Å². The minimum absolute atomic E-state index is 0.148. The molecule has 3 aromatic rings. The van der Waals surface area contributed by atoms with Gasteiger partial charge in [0.2, 0.25) is 0 Å². The number of amides is 2. The van der Waals surface area contributed by atoms with Crippen LogP contribution in [0.15, 0.2) is 71.3 Å². The summed E-state index contributed by atoms with van der Waals surface area (Å²) in [5.41, 5.74) is 2.23. The summed E-state index contributed by atoms with van der Waals surface area (Å²) in [6.07, 6.45) is 1.57. The Morgan fingerprint density at radius 2 is 1.78 bits per heavy atom. The molecule has 6 nitrogen and oxygen atoms in total. The maximum Gasteiger partial charge on any atom is 0.322 e. The van der Waals surface area contributed by atoms with Crippen molar-refractivity contribution in [2.45, 2.75) is 19.7 Å². The molecule has 0 saturated heterocycles. The third-order valence-corrected chi connectivity index (χ3v) is 4.13. The number of benzene rings is 2. The fourth-order valence-corrected chi connectivity index (χ4v) is 2.76. The van der Waals surface area contributed by atoms with E-state index in [1.165, 1.54) is 0 Å². The summed E-state index contributed by atoms with van der Waals surface area (Å²) in [7, 11) is 1.61. The van der Waals surface area contributed by atoms with Crippen LogP contribution >= 0.6 is 0 Å². The largest absolute Gasteiger partial charge is 0.508 e. The summed E-state index contributed by atoms with van der Waals surface area (Å²) in [6, 6.07) is 17.7. The second-order valence-corrected chi connectivity index (χ2v) is 6.08. The van der Waals surface area contributed by atoms with Crippen LogP contribution in [0.1, 0.15) is 16.9 Å². The SMILES string of the molecule is COCc1ccccc1NC(=O)N(Cc1ccco1)Cc1ccccc1O. The Morgan fingerprint density at radius 1 is 1.04 bits per heavy atom. The predicted molar refractivity (Wildman–Crippen MR) is 102 cm³/mol. The third-order valence-electron chi connectivity index (χ3n) is 4.13. The lowest BCUT2D eigenvalue weighted by molar-refractivity contribution is 0.185. The molecule has 0 radical (unpaired) electrons. The molecule has 1 aromatic heterocycles. The van der Waals surface area contributed by atoms with E-state index in [0.717, 1.165) is 5.56 Å². The zero-order valence-corrected chi connectivity index (χ0v) is 15.1. The van der Waals surface area contributed by atoms with Gasteiger partial charge >= 0.3 is 6.03 Å². The van der Waals surface area contributed by atoms with E-state index < -0.39 is 0 Å². The summed E-state index contributed by atoms with van der Waals surface area (Å²) < 4.78 is 10.6. The molecule has 0 aliphatic carbocycles. The molecule has 0 bridgehead atoms. The molecule has 0 aliphatic rings. The second-order valence-electron chi connectivity index (χ2n) is 6.08. The Hall–Kier alpha value is -3.25. The average molecular weight is 366 g/mol. The summed E-state index contributed by atoms with van der Waals surface area (Å²) >= 11 is 0. The predicted octanol–water partition coefficient (Wildman–Crippen LogP) is 4.37. The van der Waals surface area contributed by atoms with Crippen molar-refractivity contribution in [3.05, 3.63) is 83.8 Å². The molecule has 0 spiro atoms. The number of rotatable bonds is 7. The highest BCUT2D eigenvalue weighted by Crippen LogP contribution is 2.21. The van der Waals surface area contributed by atoms with Crippen molar-refractivity contribution in [3.63, 3.8) is 0 Å². The first-order chi connectivity index (χ1) is 13.2. The van der Waals surface area contributed by atoms with Gasteiger partial charge in [-0.2, -0.15) is 0 Å². The number of methoxy groups -OCH3 is 1. The summed E-state index contributed by atoms with van der Waals surface area (Å²) in [5, 5.41) is 13.0. The van der Waals surface area contributed by atoms with E-state index in [1.807, 2.05) is 36.4 Å². The van der Waals surface area contributed by atoms with Gasteiger partial charge in [0, 0.05) is 23.9 Å². The maximum atomic E-state index is 13.0. The minimum Gasteiger partial charge on any atom is -0.508 e. The van der Waals surface area contributed by atoms with Crippen molar-refractivity contribution in [1.29, 1.82) is 0 Å². The molecule has 140 valence electrons. The van der Waals surface area contributed by atoms with Crippen molar-refractivity contribution >= 4 is 11.7 Å². The molecule has 2 amide bonds. The van der Waals surface area contributed by atoms with E-state index in [1.54, 1.807) is 42.5 Å². The number of carbonyl (C=O) groups excluding carboxylic acids is 1. The number of nitrogens with one attached hydrogen (secondary N) is 1. The molecular weight excluding hydrogens is 344 g/mol. The first-order valence-corrected chi connectivity index (χ1v) is 8.59. The smallest absolute Gasteiger partial charge is 0.322 e. The highest BCUT2D eigenvalue weighted by Gasteiger charge is 2.18. The van der Waals surface area contributed by atoms with Crippen LogP contribution in [0.3, 0.4) is 0 Å². The highest BCUT2D eigenvalue weighted by atomic mass is 16.5. The lowest BCUT2D eigenvalue weighted by Gasteiger charge is -2.23. The minimum atomic E-state index is -0.293. The number of hydrogen-bond donors (Lipinski definition) is 2. The molecule has 27 heavy (non-hydrogen) atoms. The monoisotopic (exact) mass is 366 g/mol. The Bertz CT molecular complexity index is 877. The number of ether oxygens (including phenoxy) is 1. The standard InChI is InChI=1S/C21H22N2O4/c1-26-15-17-8-2-4-10-19(17)22-21(25)23(14-18-9-6-12-27-18)13-16-7-3-5-11-20(16)24/h2-12,24H,13-15H2,1H3,(H,22,25). The Balaban J connectivity index is 1.81. The number of phenols is 1. The topological polar surface area (TPSA) is 74.9 Å². The van der Waals surface area contributed by atoms with Gasteiger partial charge < -0.3 is 24.5 Å². The van der Waals surface area contributed by atoms with Gasteiger partial charge in [-0.05, 0) is 24.3 Å².